The molecule has 6 aromatic rings. The molecule has 2 N–H and O–H groups in total. The van der Waals surface area contributed by atoms with E-state index in [0.29, 0.717) is 6.61 Å². The van der Waals surface area contributed by atoms with Crippen molar-refractivity contribution in [1.29, 1.82) is 0 Å². The molecule has 0 amide bonds. The number of ether oxygens (including phenoxy) is 9. The van der Waals surface area contributed by atoms with Crippen molar-refractivity contribution in [1.82, 2.24) is 0 Å². The van der Waals surface area contributed by atoms with Gasteiger partial charge in [-0.15, -0.1) is 0 Å². The largest absolute Gasteiger partial charge is 0.385 e. The van der Waals surface area contributed by atoms with Crippen molar-refractivity contribution in [3.8, 4) is 0 Å². The molecule has 0 unspecified atom stereocenters. The van der Waals surface area contributed by atoms with E-state index in [1.807, 2.05) is 182 Å². The summed E-state index contributed by atoms with van der Waals surface area (Å²) in [6.07, 6.45) is -10.5. The van der Waals surface area contributed by atoms with E-state index in [0.717, 1.165) is 33.4 Å². The van der Waals surface area contributed by atoms with Gasteiger partial charge in [0.15, 0.2) is 12.6 Å². The van der Waals surface area contributed by atoms with Crippen molar-refractivity contribution in [3.05, 3.63) is 215 Å². The first-order chi connectivity index (χ1) is 32.1. The minimum Gasteiger partial charge on any atom is -0.385 e. The number of hydrogen-bond acceptors (Lipinski definition) is 11. The van der Waals surface area contributed by atoms with Gasteiger partial charge in [-0.3, -0.25) is 0 Å². The van der Waals surface area contributed by atoms with E-state index in [9.17, 15) is 10.2 Å². The molecule has 0 radical (unpaired) electrons. The summed E-state index contributed by atoms with van der Waals surface area (Å²) in [6, 6.07) is 58.7. The summed E-state index contributed by atoms with van der Waals surface area (Å²) >= 11 is 0. The molecule has 0 saturated carbocycles. The first kappa shape index (κ1) is 46.4. The van der Waals surface area contributed by atoms with Gasteiger partial charge < -0.3 is 52.8 Å². The smallest absolute Gasteiger partial charge is 0.187 e. The van der Waals surface area contributed by atoms with Gasteiger partial charge in [0.2, 0.25) is 0 Å². The van der Waals surface area contributed by atoms with E-state index in [1.165, 1.54) is 0 Å². The van der Waals surface area contributed by atoms with E-state index in [4.69, 9.17) is 42.6 Å². The molecule has 2 aliphatic heterocycles. The van der Waals surface area contributed by atoms with Crippen molar-refractivity contribution in [2.24, 2.45) is 0 Å². The predicted octanol–water partition coefficient (Wildman–Crippen LogP) is 7.95. The van der Waals surface area contributed by atoms with Crippen LogP contribution in [-0.4, -0.2) is 84.8 Å². The maximum Gasteiger partial charge on any atom is 0.187 e. The third-order valence-electron chi connectivity index (χ3n) is 11.4. The summed E-state index contributed by atoms with van der Waals surface area (Å²) in [4.78, 5) is 0. The number of rotatable bonds is 22. The van der Waals surface area contributed by atoms with Crippen molar-refractivity contribution < 1.29 is 52.8 Å². The minimum absolute atomic E-state index is 0.0103. The SMILES string of the molecule is O[C@H]1[C@@H](O[C@@H]2[C@H](OCc3ccccc3)[C@@H](OCc3ccccc3)[C@H](O)O[C@@H]2COCc2ccccc2)O[C@H](COCc2ccccc2)[C@H](OCc2ccccc2)[C@@H]1OCc1ccccc1. The fraction of sp³-hybridized carbons (Fsp3) is 0.333. The van der Waals surface area contributed by atoms with Gasteiger partial charge >= 0.3 is 0 Å². The van der Waals surface area contributed by atoms with Crippen LogP contribution in [0.15, 0.2) is 182 Å². The molecule has 340 valence electrons. The summed E-state index contributed by atoms with van der Waals surface area (Å²) in [5.41, 5.74) is 5.63. The van der Waals surface area contributed by atoms with Crippen molar-refractivity contribution in [2.45, 2.75) is 101 Å². The monoisotopic (exact) mass is 882 g/mol. The fourth-order valence-corrected chi connectivity index (χ4v) is 8.05. The third-order valence-corrected chi connectivity index (χ3v) is 11.4. The molecule has 6 aromatic carbocycles. The number of aliphatic hydroxyl groups is 2. The lowest BCUT2D eigenvalue weighted by atomic mass is 9.96. The Morgan fingerprint density at radius 1 is 0.338 bits per heavy atom. The van der Waals surface area contributed by atoms with Crippen LogP contribution in [0.1, 0.15) is 33.4 Å². The molecule has 0 spiro atoms. The quantitative estimate of drug-likeness (QED) is 0.0691. The lowest BCUT2D eigenvalue weighted by Crippen LogP contribution is -2.66. The van der Waals surface area contributed by atoms with Gasteiger partial charge in [-0.25, -0.2) is 0 Å². The van der Waals surface area contributed by atoms with Crippen LogP contribution >= 0.6 is 0 Å². The zero-order chi connectivity index (χ0) is 44.5. The number of hydrogen-bond donors (Lipinski definition) is 2. The Hall–Kier alpha value is -5.12. The highest BCUT2D eigenvalue weighted by atomic mass is 16.7. The molecule has 2 fully saturated rings. The molecule has 2 aliphatic rings. The van der Waals surface area contributed by atoms with Crippen LogP contribution in [0.25, 0.3) is 0 Å². The van der Waals surface area contributed by atoms with Crippen molar-refractivity contribution in [3.63, 3.8) is 0 Å². The van der Waals surface area contributed by atoms with Gasteiger partial charge in [-0.05, 0) is 33.4 Å². The average Bonchev–Trinajstić information content (AvgIpc) is 3.35. The Morgan fingerprint density at radius 3 is 1.06 bits per heavy atom. The Bertz CT molecular complexity index is 2210. The maximum atomic E-state index is 12.5. The summed E-state index contributed by atoms with van der Waals surface area (Å²) in [6.45, 7) is 1.46. The van der Waals surface area contributed by atoms with Crippen LogP contribution in [0.2, 0.25) is 0 Å². The van der Waals surface area contributed by atoms with Crippen LogP contribution in [0, 0.1) is 0 Å². The molecule has 10 atom stereocenters. The van der Waals surface area contributed by atoms with E-state index in [2.05, 4.69) is 0 Å². The molecule has 8 rings (SSSR count). The van der Waals surface area contributed by atoms with E-state index in [-0.39, 0.29) is 46.2 Å². The fourth-order valence-electron chi connectivity index (χ4n) is 8.05. The second-order valence-corrected chi connectivity index (χ2v) is 16.2. The van der Waals surface area contributed by atoms with E-state index < -0.39 is 61.4 Å². The van der Waals surface area contributed by atoms with Crippen molar-refractivity contribution in [2.75, 3.05) is 13.2 Å². The summed E-state index contributed by atoms with van der Waals surface area (Å²) in [5, 5.41) is 24.3. The molecule has 65 heavy (non-hydrogen) atoms. The molecule has 11 heteroatoms. The summed E-state index contributed by atoms with van der Waals surface area (Å²) in [5.74, 6) is 0. The lowest BCUT2D eigenvalue weighted by molar-refractivity contribution is -0.370. The van der Waals surface area contributed by atoms with Crippen LogP contribution in [0.5, 0.6) is 0 Å². The Kier molecular flexibility index (Phi) is 17.4. The zero-order valence-electron chi connectivity index (χ0n) is 36.3. The molecule has 2 saturated heterocycles. The molecule has 11 nitrogen and oxygen atoms in total. The number of benzene rings is 6. The van der Waals surface area contributed by atoms with Crippen LogP contribution < -0.4 is 0 Å². The van der Waals surface area contributed by atoms with E-state index in [1.54, 1.807) is 0 Å². The topological polar surface area (TPSA) is 124 Å². The third kappa shape index (κ3) is 13.5. The first-order valence-electron chi connectivity index (χ1n) is 22.3. The first-order valence-corrected chi connectivity index (χ1v) is 22.3. The molecule has 0 bridgehead atoms. The van der Waals surface area contributed by atoms with Gasteiger partial charge in [0.25, 0.3) is 0 Å². The molecular weight excluding hydrogens is 825 g/mol. The highest BCUT2D eigenvalue weighted by Gasteiger charge is 2.53. The Labute approximate surface area is 381 Å². The van der Waals surface area contributed by atoms with Gasteiger partial charge in [0.05, 0.1) is 52.9 Å². The molecular formula is C54H58O11. The molecule has 0 aliphatic carbocycles. The second-order valence-electron chi connectivity index (χ2n) is 16.2. The van der Waals surface area contributed by atoms with Crippen molar-refractivity contribution >= 4 is 0 Å². The predicted molar refractivity (Wildman–Crippen MR) is 243 cm³/mol. The maximum absolute atomic E-state index is 12.5. The highest BCUT2D eigenvalue weighted by Crippen LogP contribution is 2.35. The zero-order valence-corrected chi connectivity index (χ0v) is 36.3. The minimum atomic E-state index is -1.42. The van der Waals surface area contributed by atoms with E-state index >= 15 is 0 Å². The van der Waals surface area contributed by atoms with Crippen LogP contribution in [0.3, 0.4) is 0 Å². The van der Waals surface area contributed by atoms with Gasteiger partial charge in [-0.2, -0.15) is 0 Å². The molecule has 0 aromatic heterocycles. The summed E-state index contributed by atoms with van der Waals surface area (Å²) < 4.78 is 59.3. The number of aliphatic hydroxyl groups excluding tert-OH is 2. The normalized spacial score (nSPS) is 25.6. The van der Waals surface area contributed by atoms with Crippen LogP contribution in [0.4, 0.5) is 0 Å². The second kappa shape index (κ2) is 24.4. The van der Waals surface area contributed by atoms with Gasteiger partial charge in [0, 0.05) is 0 Å². The lowest BCUT2D eigenvalue weighted by Gasteiger charge is -2.49. The Balaban J connectivity index is 1.11. The molecule has 2 heterocycles. The highest BCUT2D eigenvalue weighted by molar-refractivity contribution is 5.18. The average molecular weight is 883 g/mol. The van der Waals surface area contributed by atoms with Crippen LogP contribution in [-0.2, 0) is 82.3 Å². The van der Waals surface area contributed by atoms with Gasteiger partial charge in [-0.1, -0.05) is 182 Å². The standard InChI is InChI=1S/C54H58O11/c55-47-50(60-34-42-25-13-4-14-26-42)48(59-33-41-23-11-3-12-24-41)45(37-57-31-39-19-7-1-8-20-39)64-54(47)65-49-46(38-58-32-40-21-9-2-10-22-40)63-53(56)52(62-36-44-29-17-6-18-30-44)51(49)61-35-43-27-15-5-16-28-43/h1-30,45-56H,31-38H2/t45-,46-,47-,48+,49+,50-,51+,52-,53-,54-/m1/s1. The summed E-state index contributed by atoms with van der Waals surface area (Å²) in [7, 11) is 0. The Morgan fingerprint density at radius 2 is 0.662 bits per heavy atom. The van der Waals surface area contributed by atoms with Gasteiger partial charge in [0.1, 0.15) is 48.8 Å².